The van der Waals surface area contributed by atoms with Crippen LogP contribution in [0.1, 0.15) is 39.0 Å². The van der Waals surface area contributed by atoms with Gasteiger partial charge in [-0.2, -0.15) is 0 Å². The molecule has 2 aliphatic heterocycles. The summed E-state index contributed by atoms with van der Waals surface area (Å²) in [6.45, 7) is 2.56. The van der Waals surface area contributed by atoms with Crippen LogP contribution in [0.5, 0.6) is 0 Å². The van der Waals surface area contributed by atoms with Crippen LogP contribution < -0.4 is 10.6 Å². The highest BCUT2D eigenvalue weighted by Gasteiger charge is 2.48. The summed E-state index contributed by atoms with van der Waals surface area (Å²) < 4.78 is 5.79. The van der Waals surface area contributed by atoms with Crippen LogP contribution in [0, 0.1) is 11.8 Å². The van der Waals surface area contributed by atoms with Crippen molar-refractivity contribution in [1.29, 1.82) is 0 Å². The summed E-state index contributed by atoms with van der Waals surface area (Å²) in [7, 11) is 0. The van der Waals surface area contributed by atoms with Crippen molar-refractivity contribution in [2.45, 2.75) is 86.3 Å². The summed E-state index contributed by atoms with van der Waals surface area (Å²) in [6.07, 6.45) is 2.84. The Kier molecular flexibility index (Phi) is 7.92. The van der Waals surface area contributed by atoms with Gasteiger partial charge in [-0.25, -0.2) is 0 Å². The van der Waals surface area contributed by atoms with E-state index in [2.05, 4.69) is 10.6 Å². The molecule has 7 nitrogen and oxygen atoms in total. The Morgan fingerprint density at radius 3 is 2.50 bits per heavy atom. The Bertz CT molecular complexity index is 536. The number of hydrogen-bond donors (Lipinski definition) is 5. The molecule has 3 rings (SSSR count). The lowest BCUT2D eigenvalue weighted by Crippen LogP contribution is -2.65. The number of amides is 1. The highest BCUT2D eigenvalue weighted by atomic mass is 35.5. The maximum absolute atomic E-state index is 12.8. The highest BCUT2D eigenvalue weighted by molar-refractivity contribution is 7.99. The fraction of sp³-hybridized carbons (Fsp3) is 0.947. The number of carbonyl (C=O) groups is 1. The third-order valence-electron chi connectivity index (χ3n) is 6.22. The zero-order valence-electron chi connectivity index (χ0n) is 16.5. The summed E-state index contributed by atoms with van der Waals surface area (Å²) >= 11 is 7.55. The second kappa shape index (κ2) is 9.81. The van der Waals surface area contributed by atoms with Crippen molar-refractivity contribution >= 4 is 29.3 Å². The SMILES string of the molecule is CS[C@H]1O[C@H](C(NC(=O)C2CC(CCC3CC3)CN2)C(C)Cl)[C@H](O)[C@H](O)[C@H]1O. The van der Waals surface area contributed by atoms with Crippen molar-refractivity contribution < 1.29 is 24.9 Å². The van der Waals surface area contributed by atoms with Crippen LogP contribution in [-0.2, 0) is 9.53 Å². The zero-order valence-corrected chi connectivity index (χ0v) is 18.0. The van der Waals surface area contributed by atoms with Crippen molar-refractivity contribution in [3.8, 4) is 0 Å². The van der Waals surface area contributed by atoms with Gasteiger partial charge in [0, 0.05) is 0 Å². The number of hydrogen-bond acceptors (Lipinski definition) is 7. The molecule has 28 heavy (non-hydrogen) atoms. The number of carbonyl (C=O) groups excluding carboxylic acids is 1. The predicted molar refractivity (Wildman–Crippen MR) is 109 cm³/mol. The summed E-state index contributed by atoms with van der Waals surface area (Å²) in [5.74, 6) is 1.24. The van der Waals surface area contributed by atoms with Crippen molar-refractivity contribution in [2.75, 3.05) is 12.8 Å². The fourth-order valence-corrected chi connectivity index (χ4v) is 5.08. The average molecular weight is 437 g/mol. The molecule has 3 aliphatic rings. The van der Waals surface area contributed by atoms with E-state index < -0.39 is 41.3 Å². The van der Waals surface area contributed by atoms with Gasteiger partial charge in [0.1, 0.15) is 29.9 Å². The van der Waals surface area contributed by atoms with Gasteiger partial charge in [-0.3, -0.25) is 4.79 Å². The highest BCUT2D eigenvalue weighted by Crippen LogP contribution is 2.36. The van der Waals surface area contributed by atoms with Gasteiger partial charge < -0.3 is 30.7 Å². The molecule has 0 bridgehead atoms. The van der Waals surface area contributed by atoms with Crippen LogP contribution in [0.2, 0.25) is 0 Å². The van der Waals surface area contributed by atoms with Gasteiger partial charge in [-0.05, 0) is 44.4 Å². The summed E-state index contributed by atoms with van der Waals surface area (Å²) in [6, 6.07) is -0.969. The van der Waals surface area contributed by atoms with E-state index in [1.54, 1.807) is 13.2 Å². The Hall–Kier alpha value is -0.0900. The molecule has 3 fully saturated rings. The molecule has 0 aromatic heterocycles. The van der Waals surface area contributed by atoms with E-state index >= 15 is 0 Å². The number of rotatable bonds is 8. The third kappa shape index (κ3) is 5.33. The molecule has 1 aliphatic carbocycles. The first-order valence-electron chi connectivity index (χ1n) is 10.2. The van der Waals surface area contributed by atoms with Crippen molar-refractivity contribution in [2.24, 2.45) is 11.8 Å². The number of halogens is 1. The lowest BCUT2D eigenvalue weighted by molar-refractivity contribution is -0.205. The molecule has 1 saturated carbocycles. The molecule has 2 saturated heterocycles. The van der Waals surface area contributed by atoms with Crippen molar-refractivity contribution in [1.82, 2.24) is 10.6 Å². The first-order valence-corrected chi connectivity index (χ1v) is 11.9. The van der Waals surface area contributed by atoms with Gasteiger partial charge in [0.15, 0.2) is 0 Å². The van der Waals surface area contributed by atoms with Gasteiger partial charge in [0.25, 0.3) is 0 Å². The fourth-order valence-electron chi connectivity index (χ4n) is 4.19. The Labute approximate surface area is 175 Å². The lowest BCUT2D eigenvalue weighted by Gasteiger charge is -2.44. The normalized spacial score (nSPS) is 40.9. The number of ether oxygens (including phenoxy) is 1. The van der Waals surface area contributed by atoms with Crippen molar-refractivity contribution in [3.05, 3.63) is 0 Å². The molecule has 0 aromatic rings. The minimum absolute atomic E-state index is 0.163. The minimum atomic E-state index is -1.36. The molecule has 1 amide bonds. The van der Waals surface area contributed by atoms with Gasteiger partial charge in [0.2, 0.25) is 5.91 Å². The second-order valence-electron chi connectivity index (χ2n) is 8.47. The van der Waals surface area contributed by atoms with Gasteiger partial charge >= 0.3 is 0 Å². The Balaban J connectivity index is 1.58. The van der Waals surface area contributed by atoms with E-state index in [0.29, 0.717) is 5.92 Å². The van der Waals surface area contributed by atoms with Crippen LogP contribution in [0.25, 0.3) is 0 Å². The number of nitrogens with one attached hydrogen (secondary N) is 2. The number of thioether (sulfide) groups is 1. The number of aliphatic hydroxyl groups excluding tert-OH is 3. The maximum atomic E-state index is 12.8. The smallest absolute Gasteiger partial charge is 0.237 e. The molecule has 4 unspecified atom stereocenters. The maximum Gasteiger partial charge on any atom is 0.237 e. The molecule has 0 aromatic carbocycles. The van der Waals surface area contributed by atoms with Gasteiger partial charge in [-0.15, -0.1) is 23.4 Å². The average Bonchev–Trinajstić information content (AvgIpc) is 3.38. The molecule has 0 radical (unpaired) electrons. The lowest BCUT2D eigenvalue weighted by atomic mass is 9.92. The molecule has 0 spiro atoms. The molecule has 162 valence electrons. The third-order valence-corrected chi connectivity index (χ3v) is 7.34. The number of alkyl halides is 1. The Morgan fingerprint density at radius 2 is 1.89 bits per heavy atom. The number of aliphatic hydroxyl groups is 3. The van der Waals surface area contributed by atoms with Crippen LogP contribution in [-0.4, -0.2) is 81.3 Å². The van der Waals surface area contributed by atoms with Crippen LogP contribution in [0.3, 0.4) is 0 Å². The first kappa shape index (κ1) is 22.6. The topological polar surface area (TPSA) is 111 Å². The van der Waals surface area contributed by atoms with Crippen LogP contribution in [0.15, 0.2) is 0 Å². The second-order valence-corrected chi connectivity index (χ2v) is 10.1. The van der Waals surface area contributed by atoms with Gasteiger partial charge in [-0.1, -0.05) is 19.3 Å². The van der Waals surface area contributed by atoms with E-state index in [-0.39, 0.29) is 11.9 Å². The summed E-state index contributed by atoms with van der Waals surface area (Å²) in [5, 5.41) is 36.3. The molecule has 2 heterocycles. The molecule has 5 N–H and O–H groups in total. The van der Waals surface area contributed by atoms with Gasteiger partial charge in [0.05, 0.1) is 17.5 Å². The van der Waals surface area contributed by atoms with E-state index in [9.17, 15) is 20.1 Å². The first-order chi connectivity index (χ1) is 13.3. The molecular weight excluding hydrogens is 404 g/mol. The Morgan fingerprint density at radius 1 is 1.21 bits per heavy atom. The van der Waals surface area contributed by atoms with E-state index in [1.807, 2.05) is 0 Å². The molecule has 9 heteroatoms. The molecule has 9 atom stereocenters. The zero-order chi connectivity index (χ0) is 20.4. The summed E-state index contributed by atoms with van der Waals surface area (Å²) in [4.78, 5) is 12.8. The van der Waals surface area contributed by atoms with Crippen LogP contribution in [0.4, 0.5) is 0 Å². The van der Waals surface area contributed by atoms with Crippen LogP contribution >= 0.6 is 23.4 Å². The standard InChI is InChI=1S/C19H33ClN2O5S/c1-9(20)13(17-15(24)14(23)16(25)19(27-17)28-2)22-18(26)12-7-11(8-21-12)6-5-10-3-4-10/h9-17,19,21,23-25H,3-8H2,1-2H3,(H,22,26)/t9?,11?,12?,13?,14-,15+,16+,17+,19+/m0/s1. The quantitative estimate of drug-likeness (QED) is 0.351. The molecular formula is C19H33ClN2O5S. The minimum Gasteiger partial charge on any atom is -0.388 e. The van der Waals surface area contributed by atoms with E-state index in [4.69, 9.17) is 16.3 Å². The van der Waals surface area contributed by atoms with E-state index in [0.717, 1.165) is 25.3 Å². The monoisotopic (exact) mass is 436 g/mol. The summed E-state index contributed by atoms with van der Waals surface area (Å²) in [5.41, 5.74) is -0.699. The van der Waals surface area contributed by atoms with E-state index in [1.165, 1.54) is 31.0 Å². The van der Waals surface area contributed by atoms with Crippen molar-refractivity contribution in [3.63, 3.8) is 0 Å². The predicted octanol–water partition coefficient (Wildman–Crippen LogP) is 0.437. The largest absolute Gasteiger partial charge is 0.388 e.